The monoisotopic (exact) mass is 143 g/mol. The topological polar surface area (TPSA) is 52.3 Å². The Morgan fingerprint density at radius 2 is 2.50 bits per heavy atom. The van der Waals surface area contributed by atoms with Crippen molar-refractivity contribution < 1.29 is 9.53 Å². The third kappa shape index (κ3) is 1.48. The van der Waals surface area contributed by atoms with Gasteiger partial charge in [-0.3, -0.25) is 10.5 Å². The highest BCUT2D eigenvalue weighted by atomic mass is 16.6. The number of carbonyl (C=O) groups excluding carboxylic acids is 1. The Hall–Kier alpha value is -0.570. The number of esters is 1. The quantitative estimate of drug-likeness (QED) is 0.577. The van der Waals surface area contributed by atoms with Crippen LogP contribution in [0.25, 0.3) is 0 Å². The van der Waals surface area contributed by atoms with Gasteiger partial charge in [0.25, 0.3) is 0 Å². The fourth-order valence-corrected chi connectivity index (χ4v) is 1.26. The van der Waals surface area contributed by atoms with Crippen LogP contribution in [0.5, 0.6) is 0 Å². The number of hydrogen-bond donors (Lipinski definition) is 1. The van der Waals surface area contributed by atoms with E-state index < -0.39 is 0 Å². The van der Waals surface area contributed by atoms with E-state index in [1.807, 2.05) is 0 Å². The van der Waals surface area contributed by atoms with E-state index in [1.54, 1.807) is 0 Å². The third-order valence-corrected chi connectivity index (χ3v) is 1.82. The average molecular weight is 143 g/mol. The minimum Gasteiger partial charge on any atom is -0.446 e. The number of ether oxygens (including phenoxy) is 1. The van der Waals surface area contributed by atoms with Crippen LogP contribution in [0.3, 0.4) is 0 Å². The maximum Gasteiger partial charge on any atom is 0.307 e. The summed E-state index contributed by atoms with van der Waals surface area (Å²) in [7, 11) is 0. The molecule has 0 aromatic heterocycles. The second kappa shape index (κ2) is 3.01. The van der Waals surface area contributed by atoms with Crippen molar-refractivity contribution in [2.24, 2.45) is 11.7 Å². The summed E-state index contributed by atoms with van der Waals surface area (Å²) in [5, 5.41) is 0. The van der Waals surface area contributed by atoms with E-state index in [1.165, 1.54) is 0 Å². The molecule has 0 spiro atoms. The predicted molar refractivity (Wildman–Crippen MR) is 37.1 cm³/mol. The van der Waals surface area contributed by atoms with Gasteiger partial charge >= 0.3 is 5.97 Å². The van der Waals surface area contributed by atoms with Gasteiger partial charge in [0, 0.05) is 5.92 Å². The summed E-state index contributed by atoms with van der Waals surface area (Å²) in [6.45, 7) is 2.08. The Balaban J connectivity index is 2.38. The predicted octanol–water partition coefficient (Wildman–Crippen LogP) is 0.634. The van der Waals surface area contributed by atoms with Crippen molar-refractivity contribution in [2.45, 2.75) is 32.4 Å². The lowest BCUT2D eigenvalue weighted by Crippen LogP contribution is -2.26. The maximum absolute atomic E-state index is 10.6. The molecule has 3 heteroatoms. The first-order valence-electron chi connectivity index (χ1n) is 3.69. The van der Waals surface area contributed by atoms with Crippen LogP contribution >= 0.6 is 0 Å². The molecule has 1 rings (SSSR count). The fourth-order valence-electron chi connectivity index (χ4n) is 1.26. The van der Waals surface area contributed by atoms with Gasteiger partial charge in [-0.2, -0.15) is 0 Å². The van der Waals surface area contributed by atoms with Crippen LogP contribution in [-0.4, -0.2) is 12.2 Å². The van der Waals surface area contributed by atoms with Crippen molar-refractivity contribution in [1.29, 1.82) is 0 Å². The molecule has 1 aliphatic rings. The lowest BCUT2D eigenvalue weighted by molar-refractivity contribution is -0.141. The van der Waals surface area contributed by atoms with Gasteiger partial charge in [0.1, 0.15) is 0 Å². The normalized spacial score (nSPS) is 32.4. The molecule has 3 nitrogen and oxygen atoms in total. The summed E-state index contributed by atoms with van der Waals surface area (Å²) in [5.74, 6) is 0.114. The lowest BCUT2D eigenvalue weighted by atomic mass is 10.0. The van der Waals surface area contributed by atoms with Gasteiger partial charge < -0.3 is 4.74 Å². The molecule has 0 saturated carbocycles. The van der Waals surface area contributed by atoms with Crippen molar-refractivity contribution in [1.82, 2.24) is 0 Å². The van der Waals surface area contributed by atoms with Gasteiger partial charge in [0.05, 0.1) is 6.42 Å². The highest BCUT2D eigenvalue weighted by Gasteiger charge is 2.30. The Morgan fingerprint density at radius 3 is 2.90 bits per heavy atom. The van der Waals surface area contributed by atoms with Crippen LogP contribution in [-0.2, 0) is 9.53 Å². The van der Waals surface area contributed by atoms with Crippen LogP contribution in [0, 0.1) is 5.92 Å². The van der Waals surface area contributed by atoms with E-state index in [4.69, 9.17) is 10.5 Å². The summed E-state index contributed by atoms with van der Waals surface area (Å²) in [6, 6.07) is 0. The van der Waals surface area contributed by atoms with Gasteiger partial charge in [-0.1, -0.05) is 13.3 Å². The van der Waals surface area contributed by atoms with E-state index in [-0.39, 0.29) is 18.1 Å². The Morgan fingerprint density at radius 1 is 1.80 bits per heavy atom. The van der Waals surface area contributed by atoms with Crippen LogP contribution in [0.1, 0.15) is 26.2 Å². The van der Waals surface area contributed by atoms with Gasteiger partial charge in [0.2, 0.25) is 0 Å². The molecule has 0 bridgehead atoms. The van der Waals surface area contributed by atoms with E-state index in [9.17, 15) is 4.79 Å². The summed E-state index contributed by atoms with van der Waals surface area (Å²) in [5.41, 5.74) is 5.51. The van der Waals surface area contributed by atoms with Crippen molar-refractivity contribution in [3.8, 4) is 0 Å². The van der Waals surface area contributed by atoms with Crippen molar-refractivity contribution in [2.75, 3.05) is 0 Å². The average Bonchev–Trinajstić information content (AvgIpc) is 2.13. The van der Waals surface area contributed by atoms with Crippen molar-refractivity contribution in [3.05, 3.63) is 0 Å². The highest BCUT2D eigenvalue weighted by Crippen LogP contribution is 2.22. The Labute approximate surface area is 60.5 Å². The zero-order valence-corrected chi connectivity index (χ0v) is 6.17. The molecule has 1 aliphatic heterocycles. The van der Waals surface area contributed by atoms with Crippen LogP contribution in [0.2, 0.25) is 0 Å². The Bertz CT molecular complexity index is 136. The molecule has 1 fully saturated rings. The minimum absolute atomic E-state index is 0.147. The van der Waals surface area contributed by atoms with E-state index in [2.05, 4.69) is 6.92 Å². The lowest BCUT2D eigenvalue weighted by Gasteiger charge is -2.09. The first-order valence-corrected chi connectivity index (χ1v) is 3.69. The molecule has 2 atom stereocenters. The highest BCUT2D eigenvalue weighted by molar-refractivity contribution is 5.71. The van der Waals surface area contributed by atoms with Gasteiger partial charge in [-0.15, -0.1) is 0 Å². The molecule has 0 aromatic carbocycles. The molecule has 1 unspecified atom stereocenters. The first-order chi connectivity index (χ1) is 4.74. The van der Waals surface area contributed by atoms with Crippen LogP contribution in [0.4, 0.5) is 0 Å². The summed E-state index contributed by atoms with van der Waals surface area (Å²) < 4.78 is 4.77. The molecule has 2 N–H and O–H groups in total. The molecule has 10 heavy (non-hydrogen) atoms. The Kier molecular flexibility index (Phi) is 2.27. The molecule has 0 aromatic rings. The van der Waals surface area contributed by atoms with Crippen LogP contribution in [0.15, 0.2) is 0 Å². The minimum atomic E-state index is -0.340. The van der Waals surface area contributed by atoms with E-state index in [0.717, 1.165) is 12.8 Å². The fraction of sp³-hybridized carbons (Fsp3) is 0.857. The number of hydrogen-bond acceptors (Lipinski definition) is 3. The summed E-state index contributed by atoms with van der Waals surface area (Å²) in [6.07, 6.45) is 2.23. The van der Waals surface area contributed by atoms with Gasteiger partial charge in [0.15, 0.2) is 6.23 Å². The smallest absolute Gasteiger partial charge is 0.307 e. The maximum atomic E-state index is 10.6. The molecular formula is C7H13NO2. The van der Waals surface area contributed by atoms with Crippen molar-refractivity contribution in [3.63, 3.8) is 0 Å². The SMILES string of the molecule is CCCC1CC(=O)O[C@H]1N. The number of cyclic esters (lactones) is 1. The number of nitrogens with two attached hydrogens (primary N) is 1. The number of carbonyl (C=O) groups is 1. The molecular weight excluding hydrogens is 130 g/mol. The third-order valence-electron chi connectivity index (χ3n) is 1.82. The van der Waals surface area contributed by atoms with E-state index >= 15 is 0 Å². The van der Waals surface area contributed by atoms with Gasteiger partial charge in [-0.25, -0.2) is 0 Å². The van der Waals surface area contributed by atoms with Gasteiger partial charge in [-0.05, 0) is 6.42 Å². The number of rotatable bonds is 2. The molecule has 0 amide bonds. The zero-order valence-electron chi connectivity index (χ0n) is 6.17. The largest absolute Gasteiger partial charge is 0.446 e. The standard InChI is InChI=1S/C7H13NO2/c1-2-3-5-4-6(9)10-7(5)8/h5,7H,2-4,8H2,1H3/t5?,7-/m1/s1. The zero-order chi connectivity index (χ0) is 7.56. The molecule has 0 aliphatic carbocycles. The second-order valence-corrected chi connectivity index (χ2v) is 2.71. The second-order valence-electron chi connectivity index (χ2n) is 2.71. The molecule has 0 radical (unpaired) electrons. The van der Waals surface area contributed by atoms with Crippen LogP contribution < -0.4 is 5.73 Å². The summed E-state index contributed by atoms with van der Waals surface area (Å²) in [4.78, 5) is 10.6. The molecule has 58 valence electrons. The molecule has 1 saturated heterocycles. The van der Waals surface area contributed by atoms with Crippen molar-refractivity contribution >= 4 is 5.97 Å². The van der Waals surface area contributed by atoms with E-state index in [0.29, 0.717) is 6.42 Å². The molecule has 1 heterocycles. The summed E-state index contributed by atoms with van der Waals surface area (Å²) >= 11 is 0. The first kappa shape index (κ1) is 7.54.